The molecule has 51 heavy (non-hydrogen) atoms. The zero-order valence-corrected chi connectivity index (χ0v) is 30.7. The molecule has 0 saturated carbocycles. The maximum Gasteiger partial charge on any atom is 0.0531 e. The maximum atomic E-state index is 2.50. The van der Waals surface area contributed by atoms with Gasteiger partial charge in [-0.15, -0.1) is 0 Å². The molecule has 0 fully saturated rings. The highest BCUT2D eigenvalue weighted by Crippen LogP contribution is 2.46. The molecule has 0 aliphatic heterocycles. The Morgan fingerprint density at radius 1 is 0.490 bits per heavy atom. The topological polar surface area (TPSA) is 4.93 Å². The molecule has 252 valence electrons. The molecule has 1 atom stereocenters. The Balaban J connectivity index is 1.44. The minimum Gasteiger partial charge on any atom is -0.313 e. The second kappa shape index (κ2) is 12.7. The summed E-state index contributed by atoms with van der Waals surface area (Å²) in [5.74, 6) is 0.307. The number of benzene rings is 6. The first-order valence-electron chi connectivity index (χ1n) is 18.4. The molecular weight excluding hydrogens is 615 g/mol. The second-order valence-electron chi connectivity index (χ2n) is 16.2. The number of aromatic nitrogens is 1. The summed E-state index contributed by atoms with van der Waals surface area (Å²) < 4.78 is 2.50. The largest absolute Gasteiger partial charge is 0.313 e. The van der Waals surface area contributed by atoms with Gasteiger partial charge in [-0.05, 0) is 102 Å². The van der Waals surface area contributed by atoms with E-state index in [1.54, 1.807) is 0 Å². The molecule has 1 unspecified atom stereocenters. The molecule has 0 bridgehead atoms. The van der Waals surface area contributed by atoms with E-state index in [1.165, 1.54) is 77.6 Å². The van der Waals surface area contributed by atoms with Crippen LogP contribution in [0.1, 0.15) is 70.7 Å². The predicted molar refractivity (Wildman–Crippen MR) is 220 cm³/mol. The van der Waals surface area contributed by atoms with Crippen molar-refractivity contribution in [2.24, 2.45) is 0 Å². The van der Waals surface area contributed by atoms with E-state index in [1.807, 2.05) is 0 Å². The average molecular weight is 662 g/mol. The van der Waals surface area contributed by atoms with Gasteiger partial charge in [-0.1, -0.05) is 175 Å². The number of rotatable bonds is 5. The normalized spacial score (nSPS) is 14.8. The molecule has 6 aromatic carbocycles. The fraction of sp³-hybridized carbons (Fsp3) is 0.200. The van der Waals surface area contributed by atoms with Gasteiger partial charge in [0.1, 0.15) is 0 Å². The fourth-order valence-corrected chi connectivity index (χ4v) is 7.87. The first-order chi connectivity index (χ1) is 24.6. The summed E-state index contributed by atoms with van der Waals surface area (Å²) in [4.78, 5) is 0. The monoisotopic (exact) mass is 661 g/mol. The molecule has 8 rings (SSSR count). The summed E-state index contributed by atoms with van der Waals surface area (Å²) in [6.07, 6.45) is 9.98. The molecule has 1 aliphatic rings. The van der Waals surface area contributed by atoms with Gasteiger partial charge in [0.25, 0.3) is 0 Å². The van der Waals surface area contributed by atoms with Crippen LogP contribution in [-0.2, 0) is 10.8 Å². The fourth-order valence-electron chi connectivity index (χ4n) is 7.87. The zero-order valence-electron chi connectivity index (χ0n) is 30.7. The van der Waals surface area contributed by atoms with E-state index in [0.717, 1.165) is 6.42 Å². The van der Waals surface area contributed by atoms with Crippen molar-refractivity contribution in [3.05, 3.63) is 175 Å². The van der Waals surface area contributed by atoms with Gasteiger partial charge in [-0.2, -0.15) is 0 Å². The Bertz CT molecular complexity index is 2420. The van der Waals surface area contributed by atoms with Crippen LogP contribution in [0.2, 0.25) is 0 Å². The van der Waals surface area contributed by atoms with Crippen LogP contribution < -0.4 is 0 Å². The summed E-state index contributed by atoms with van der Waals surface area (Å²) in [5, 5.41) is 5.09. The number of hydrogen-bond acceptors (Lipinski definition) is 0. The van der Waals surface area contributed by atoms with E-state index in [9.17, 15) is 0 Å². The van der Waals surface area contributed by atoms with Crippen LogP contribution in [0.3, 0.4) is 0 Å². The van der Waals surface area contributed by atoms with Crippen LogP contribution in [-0.4, -0.2) is 4.57 Å². The Kier molecular flexibility index (Phi) is 8.19. The van der Waals surface area contributed by atoms with Crippen molar-refractivity contribution >= 4 is 21.5 Å². The summed E-state index contributed by atoms with van der Waals surface area (Å²) in [6, 6.07) is 50.2. The van der Waals surface area contributed by atoms with E-state index in [2.05, 4.69) is 204 Å². The molecule has 0 spiro atoms. The number of hydrogen-bond donors (Lipinski definition) is 0. The first kappa shape index (κ1) is 32.8. The summed E-state index contributed by atoms with van der Waals surface area (Å²) in [5.41, 5.74) is 12.9. The van der Waals surface area contributed by atoms with Crippen LogP contribution in [0.5, 0.6) is 0 Å². The summed E-state index contributed by atoms with van der Waals surface area (Å²) in [7, 11) is 0. The third-order valence-electron chi connectivity index (χ3n) is 10.7. The van der Waals surface area contributed by atoms with Gasteiger partial charge in [-0.25, -0.2) is 0 Å². The van der Waals surface area contributed by atoms with Crippen LogP contribution in [0.15, 0.2) is 158 Å². The quantitative estimate of drug-likeness (QED) is 0.162. The van der Waals surface area contributed by atoms with Gasteiger partial charge in [0.15, 0.2) is 0 Å². The smallest absolute Gasteiger partial charge is 0.0531 e. The van der Waals surface area contributed by atoms with Crippen molar-refractivity contribution < 1.29 is 0 Å². The van der Waals surface area contributed by atoms with Crippen LogP contribution in [0.25, 0.3) is 60.7 Å². The van der Waals surface area contributed by atoms with Crippen molar-refractivity contribution in [2.75, 3.05) is 0 Å². The molecule has 1 aromatic heterocycles. The predicted octanol–water partition coefficient (Wildman–Crippen LogP) is 14.0. The van der Waals surface area contributed by atoms with Crippen molar-refractivity contribution in [3.8, 4) is 39.2 Å². The Morgan fingerprint density at radius 2 is 1.04 bits per heavy atom. The molecule has 1 heterocycles. The highest BCUT2D eigenvalue weighted by Gasteiger charge is 2.23. The maximum absolute atomic E-state index is 2.50. The molecule has 0 N–H and O–H groups in total. The highest BCUT2D eigenvalue weighted by atomic mass is 15.0. The second-order valence-corrected chi connectivity index (χ2v) is 16.2. The van der Waals surface area contributed by atoms with E-state index < -0.39 is 0 Å². The van der Waals surface area contributed by atoms with Gasteiger partial charge in [0, 0.05) is 17.3 Å². The molecule has 1 nitrogen and oxygen atoms in total. The van der Waals surface area contributed by atoms with Crippen LogP contribution >= 0.6 is 0 Å². The average Bonchev–Trinajstić information content (AvgIpc) is 3.59. The van der Waals surface area contributed by atoms with E-state index in [4.69, 9.17) is 0 Å². The van der Waals surface area contributed by atoms with Crippen molar-refractivity contribution in [1.82, 2.24) is 4.57 Å². The Hall–Kier alpha value is -5.40. The lowest BCUT2D eigenvalue weighted by Gasteiger charge is -2.23. The van der Waals surface area contributed by atoms with Gasteiger partial charge in [-0.3, -0.25) is 0 Å². The van der Waals surface area contributed by atoms with Gasteiger partial charge in [0.2, 0.25) is 0 Å². The Labute approximate surface area is 303 Å². The lowest BCUT2D eigenvalue weighted by Crippen LogP contribution is -2.10. The molecule has 0 saturated heterocycles. The van der Waals surface area contributed by atoms with Gasteiger partial charge in [0.05, 0.1) is 5.69 Å². The lowest BCUT2D eigenvalue weighted by atomic mass is 9.82. The number of fused-ring (bicyclic) bond motifs is 2. The molecule has 0 amide bonds. The zero-order chi connectivity index (χ0) is 35.3. The van der Waals surface area contributed by atoms with Gasteiger partial charge >= 0.3 is 0 Å². The van der Waals surface area contributed by atoms with Crippen LogP contribution in [0, 0.1) is 0 Å². The van der Waals surface area contributed by atoms with Gasteiger partial charge < -0.3 is 4.57 Å². The third kappa shape index (κ3) is 6.06. The highest BCUT2D eigenvalue weighted by molar-refractivity contribution is 6.21. The molecular formula is C50H47N. The molecule has 7 aromatic rings. The summed E-state index contributed by atoms with van der Waals surface area (Å²) in [6.45, 7) is 13.7. The molecule has 1 heteroatoms. The number of allylic oxidation sites excluding steroid dienone is 4. The van der Waals surface area contributed by atoms with Crippen LogP contribution in [0.4, 0.5) is 0 Å². The minimum atomic E-state index is 0.0837. The van der Waals surface area contributed by atoms with E-state index >= 15 is 0 Å². The molecule has 1 aliphatic carbocycles. The third-order valence-corrected chi connectivity index (χ3v) is 10.7. The van der Waals surface area contributed by atoms with E-state index in [-0.39, 0.29) is 10.8 Å². The van der Waals surface area contributed by atoms with Crippen molar-refractivity contribution in [2.45, 2.75) is 64.7 Å². The van der Waals surface area contributed by atoms with E-state index in [0.29, 0.717) is 5.92 Å². The van der Waals surface area contributed by atoms with Crippen molar-refractivity contribution in [1.29, 1.82) is 0 Å². The van der Waals surface area contributed by atoms with Crippen molar-refractivity contribution in [3.63, 3.8) is 0 Å². The summed E-state index contributed by atoms with van der Waals surface area (Å²) >= 11 is 0. The minimum absolute atomic E-state index is 0.0837. The number of nitrogens with zero attached hydrogens (tertiary/aromatic N) is 1. The molecule has 0 radical (unpaired) electrons. The Morgan fingerprint density at radius 3 is 1.59 bits per heavy atom. The first-order valence-corrected chi connectivity index (χ1v) is 18.4. The standard InChI is InChI=1S/C50H47N/c1-49(2,3)38-25-21-36(22-26-38)47-41-19-13-14-20-42(41)48(37-23-27-39(28-24-37)50(4,5)6)44-33-40(29-30-43(44)47)51-45(34-15-9-7-10-16-34)31-32-46(51)35-17-11-8-12-18-35/h7-17,19-33,35H,18H2,1-6H3. The SMILES string of the molecule is CC(C)(C)c1ccc(-c2c3ccccc3c(-c3ccc(C(C)(C)C)cc3)c3cc(-n4c(-c5ccccc5)ccc4C4C=CC=CC4)ccc23)cc1. The lowest BCUT2D eigenvalue weighted by molar-refractivity contribution is 0.590.